The highest BCUT2D eigenvalue weighted by Gasteiger charge is 2.12. The molecule has 0 aliphatic heterocycles. The first-order valence-electron chi connectivity index (χ1n) is 6.06. The van der Waals surface area contributed by atoms with Gasteiger partial charge in [-0.1, -0.05) is 18.2 Å². The highest BCUT2D eigenvalue weighted by atomic mass is 19.1. The molecule has 20 heavy (non-hydrogen) atoms. The van der Waals surface area contributed by atoms with Gasteiger partial charge in [-0.05, 0) is 18.2 Å². The molecule has 3 aromatic rings. The Morgan fingerprint density at radius 1 is 1.25 bits per heavy atom. The number of methoxy groups -OCH3 is 1. The Kier molecular flexibility index (Phi) is 2.98. The lowest BCUT2D eigenvalue weighted by Gasteiger charge is -2.06. The van der Waals surface area contributed by atoms with Crippen molar-refractivity contribution in [3.05, 3.63) is 64.5 Å². The average Bonchev–Trinajstić information content (AvgIpc) is 2.78. The van der Waals surface area contributed by atoms with Crippen molar-refractivity contribution in [1.29, 1.82) is 0 Å². The van der Waals surface area contributed by atoms with E-state index in [0.29, 0.717) is 11.2 Å². The standard InChI is InChI=1S/C14H12FN3O2/c1-20-11-6-4-5-10(13(11)15)9-18-14(19)17-8-3-2-7-12(17)16-18/h2-8H,9H2,1H3. The molecule has 0 aliphatic carbocycles. The van der Waals surface area contributed by atoms with Crippen LogP contribution in [0, 0.1) is 5.82 Å². The number of hydrogen-bond acceptors (Lipinski definition) is 3. The third-order valence-corrected chi connectivity index (χ3v) is 3.07. The molecule has 0 atom stereocenters. The van der Waals surface area contributed by atoms with Crippen molar-refractivity contribution in [2.45, 2.75) is 6.54 Å². The lowest BCUT2D eigenvalue weighted by molar-refractivity contribution is 0.383. The minimum absolute atomic E-state index is 0.0591. The molecule has 0 saturated heterocycles. The molecule has 0 N–H and O–H groups in total. The molecule has 0 radical (unpaired) electrons. The molecule has 0 fully saturated rings. The van der Waals surface area contributed by atoms with Gasteiger partial charge in [0.15, 0.2) is 17.2 Å². The van der Waals surface area contributed by atoms with E-state index < -0.39 is 5.82 Å². The maximum atomic E-state index is 14.1. The van der Waals surface area contributed by atoms with Crippen molar-refractivity contribution in [3.8, 4) is 5.75 Å². The van der Waals surface area contributed by atoms with E-state index in [1.54, 1.807) is 36.5 Å². The maximum Gasteiger partial charge on any atom is 0.350 e. The molecule has 3 rings (SSSR count). The largest absolute Gasteiger partial charge is 0.494 e. The van der Waals surface area contributed by atoms with Crippen LogP contribution in [0.2, 0.25) is 0 Å². The van der Waals surface area contributed by atoms with Crippen LogP contribution < -0.4 is 10.4 Å². The van der Waals surface area contributed by atoms with Gasteiger partial charge in [0.1, 0.15) is 0 Å². The predicted octanol–water partition coefficient (Wildman–Crippen LogP) is 1.69. The van der Waals surface area contributed by atoms with Crippen LogP contribution in [0.15, 0.2) is 47.4 Å². The summed E-state index contributed by atoms with van der Waals surface area (Å²) >= 11 is 0. The Morgan fingerprint density at radius 3 is 2.85 bits per heavy atom. The van der Waals surface area contributed by atoms with E-state index in [1.807, 2.05) is 0 Å². The van der Waals surface area contributed by atoms with Crippen LogP contribution in [-0.2, 0) is 6.54 Å². The fraction of sp³-hybridized carbons (Fsp3) is 0.143. The first-order chi connectivity index (χ1) is 9.70. The second-order valence-electron chi connectivity index (χ2n) is 4.30. The summed E-state index contributed by atoms with van der Waals surface area (Å²) in [6, 6.07) is 10.1. The van der Waals surface area contributed by atoms with Crippen molar-refractivity contribution < 1.29 is 9.13 Å². The second kappa shape index (κ2) is 4.80. The molecule has 0 amide bonds. The molecule has 2 aromatic heterocycles. The van der Waals surface area contributed by atoms with E-state index in [9.17, 15) is 9.18 Å². The highest BCUT2D eigenvalue weighted by molar-refractivity contribution is 5.36. The van der Waals surface area contributed by atoms with Gasteiger partial charge in [-0.15, -0.1) is 5.10 Å². The van der Waals surface area contributed by atoms with Crippen LogP contribution in [0.3, 0.4) is 0 Å². The molecule has 1 aromatic carbocycles. The Balaban J connectivity index is 2.06. The minimum Gasteiger partial charge on any atom is -0.494 e. The zero-order valence-electron chi connectivity index (χ0n) is 10.8. The summed E-state index contributed by atoms with van der Waals surface area (Å²) in [5.74, 6) is -0.321. The van der Waals surface area contributed by atoms with Crippen molar-refractivity contribution >= 4 is 5.65 Å². The van der Waals surface area contributed by atoms with Crippen LogP contribution in [0.5, 0.6) is 5.75 Å². The molecule has 5 nitrogen and oxygen atoms in total. The van der Waals surface area contributed by atoms with E-state index in [1.165, 1.54) is 22.3 Å². The van der Waals surface area contributed by atoms with Crippen LogP contribution in [0.4, 0.5) is 4.39 Å². The fourth-order valence-corrected chi connectivity index (χ4v) is 2.07. The van der Waals surface area contributed by atoms with Crippen molar-refractivity contribution in [2.24, 2.45) is 0 Å². The molecule has 0 unspecified atom stereocenters. The van der Waals surface area contributed by atoms with Gasteiger partial charge in [-0.3, -0.25) is 4.40 Å². The summed E-state index contributed by atoms with van der Waals surface area (Å²) in [5, 5.41) is 4.16. The van der Waals surface area contributed by atoms with Gasteiger partial charge >= 0.3 is 5.69 Å². The summed E-state index contributed by atoms with van der Waals surface area (Å²) in [7, 11) is 1.40. The zero-order chi connectivity index (χ0) is 14.1. The van der Waals surface area contributed by atoms with E-state index in [0.717, 1.165) is 0 Å². The average molecular weight is 273 g/mol. The number of fused-ring (bicyclic) bond motifs is 1. The number of aromatic nitrogens is 3. The first kappa shape index (κ1) is 12.4. The second-order valence-corrected chi connectivity index (χ2v) is 4.30. The van der Waals surface area contributed by atoms with Gasteiger partial charge < -0.3 is 4.74 Å². The number of ether oxygens (including phenoxy) is 1. The Bertz CT molecular complexity index is 823. The first-order valence-corrected chi connectivity index (χ1v) is 6.06. The highest BCUT2D eigenvalue weighted by Crippen LogP contribution is 2.20. The fourth-order valence-electron chi connectivity index (χ4n) is 2.07. The Morgan fingerprint density at radius 2 is 2.10 bits per heavy atom. The van der Waals surface area contributed by atoms with E-state index in [4.69, 9.17) is 4.74 Å². The number of halogens is 1. The summed E-state index contributed by atoms with van der Waals surface area (Å²) < 4.78 is 21.6. The number of nitrogens with zero attached hydrogens (tertiary/aromatic N) is 3. The summed E-state index contributed by atoms with van der Waals surface area (Å²) in [6.45, 7) is 0.0591. The van der Waals surface area contributed by atoms with Gasteiger partial charge in [-0.2, -0.15) is 0 Å². The van der Waals surface area contributed by atoms with Crippen LogP contribution in [0.1, 0.15) is 5.56 Å². The molecule has 0 aliphatic rings. The lowest BCUT2D eigenvalue weighted by atomic mass is 10.2. The number of hydrogen-bond donors (Lipinski definition) is 0. The molecule has 6 heteroatoms. The van der Waals surface area contributed by atoms with Gasteiger partial charge in [0, 0.05) is 11.8 Å². The topological polar surface area (TPSA) is 48.5 Å². The maximum absolute atomic E-state index is 14.1. The van der Waals surface area contributed by atoms with E-state index in [2.05, 4.69) is 5.10 Å². The zero-order valence-corrected chi connectivity index (χ0v) is 10.8. The monoisotopic (exact) mass is 273 g/mol. The summed E-state index contributed by atoms with van der Waals surface area (Å²) in [6.07, 6.45) is 1.63. The smallest absolute Gasteiger partial charge is 0.350 e. The predicted molar refractivity (Wildman–Crippen MR) is 71.5 cm³/mol. The van der Waals surface area contributed by atoms with Crippen LogP contribution in [0.25, 0.3) is 5.65 Å². The van der Waals surface area contributed by atoms with Gasteiger partial charge in [-0.25, -0.2) is 13.9 Å². The summed E-state index contributed by atoms with van der Waals surface area (Å²) in [5.41, 5.74) is 0.582. The van der Waals surface area contributed by atoms with Crippen LogP contribution >= 0.6 is 0 Å². The molecule has 0 spiro atoms. The number of rotatable bonds is 3. The van der Waals surface area contributed by atoms with E-state index in [-0.39, 0.29) is 18.0 Å². The normalized spacial score (nSPS) is 10.9. The molecule has 0 saturated carbocycles. The SMILES string of the molecule is COc1cccc(Cn2nc3ccccn3c2=O)c1F. The van der Waals surface area contributed by atoms with Crippen LogP contribution in [-0.4, -0.2) is 21.3 Å². The Hall–Kier alpha value is -2.63. The third kappa shape index (κ3) is 1.95. The molecule has 0 bridgehead atoms. The number of benzene rings is 1. The molecule has 2 heterocycles. The van der Waals surface area contributed by atoms with Gasteiger partial charge in [0.25, 0.3) is 0 Å². The molecular weight excluding hydrogens is 261 g/mol. The third-order valence-electron chi connectivity index (χ3n) is 3.07. The lowest BCUT2D eigenvalue weighted by Crippen LogP contribution is -2.22. The van der Waals surface area contributed by atoms with E-state index >= 15 is 0 Å². The molecular formula is C14H12FN3O2. The van der Waals surface area contributed by atoms with Crippen molar-refractivity contribution in [3.63, 3.8) is 0 Å². The number of pyridine rings is 1. The molecule has 102 valence electrons. The van der Waals surface area contributed by atoms with Crippen molar-refractivity contribution in [2.75, 3.05) is 7.11 Å². The van der Waals surface area contributed by atoms with Gasteiger partial charge in [0.05, 0.1) is 13.7 Å². The van der Waals surface area contributed by atoms with Crippen molar-refractivity contribution in [1.82, 2.24) is 14.2 Å². The quantitative estimate of drug-likeness (QED) is 0.729. The van der Waals surface area contributed by atoms with Gasteiger partial charge in [0.2, 0.25) is 0 Å². The summed E-state index contributed by atoms with van der Waals surface area (Å²) in [4.78, 5) is 12.1. The Labute approximate surface area is 113 Å². The minimum atomic E-state index is -0.473.